The summed E-state index contributed by atoms with van der Waals surface area (Å²) in [5, 5.41) is 38.4. The van der Waals surface area contributed by atoms with Crippen molar-refractivity contribution >= 4 is 23.5 Å². The molecule has 0 aromatic heterocycles. The first-order valence-electron chi connectivity index (χ1n) is 7.31. The molecule has 2 aliphatic carbocycles. The average Bonchev–Trinajstić information content (AvgIpc) is 2.53. The molecule has 4 unspecified atom stereocenters. The van der Waals surface area contributed by atoms with E-state index >= 15 is 0 Å². The fourth-order valence-electron chi connectivity index (χ4n) is 2.52. The number of ether oxygens (including phenoxy) is 1. The summed E-state index contributed by atoms with van der Waals surface area (Å²) >= 11 is 0. The van der Waals surface area contributed by atoms with E-state index in [0.717, 1.165) is 18.2 Å². The molecule has 0 heterocycles. The van der Waals surface area contributed by atoms with Gasteiger partial charge in [-0.15, -0.1) is 0 Å². The second-order valence-electron chi connectivity index (χ2n) is 5.82. The van der Waals surface area contributed by atoms with Crippen molar-refractivity contribution in [3.8, 4) is 0 Å². The largest absolute Gasteiger partial charge is 0.479 e. The van der Waals surface area contributed by atoms with Gasteiger partial charge in [0.2, 0.25) is 11.6 Å². The van der Waals surface area contributed by atoms with E-state index in [1.165, 1.54) is 12.2 Å². The predicted molar refractivity (Wildman–Crippen MR) is 80.1 cm³/mol. The Bertz CT molecular complexity index is 702. The van der Waals surface area contributed by atoms with Crippen LogP contribution in [0, 0.1) is 0 Å². The summed E-state index contributed by atoms with van der Waals surface area (Å²) in [4.78, 5) is 45.1. The van der Waals surface area contributed by atoms with Gasteiger partial charge in [0, 0.05) is 18.9 Å². The van der Waals surface area contributed by atoms with Gasteiger partial charge in [0.1, 0.15) is 12.2 Å². The van der Waals surface area contributed by atoms with Gasteiger partial charge in [0.25, 0.3) is 0 Å². The van der Waals surface area contributed by atoms with Gasteiger partial charge in [-0.1, -0.05) is 6.08 Å². The van der Waals surface area contributed by atoms with Crippen molar-refractivity contribution in [2.24, 2.45) is 0 Å². The summed E-state index contributed by atoms with van der Waals surface area (Å²) < 4.78 is 4.90. The molecule has 4 atom stereocenters. The van der Waals surface area contributed by atoms with Gasteiger partial charge in [0.05, 0.1) is 6.10 Å². The first kappa shape index (κ1) is 18.7. The zero-order chi connectivity index (χ0) is 18.8. The molecule has 0 amide bonds. The zero-order valence-electron chi connectivity index (χ0n) is 12.9. The highest BCUT2D eigenvalue weighted by molar-refractivity contribution is 6.46. The van der Waals surface area contributed by atoms with E-state index in [1.807, 2.05) is 0 Å². The van der Waals surface area contributed by atoms with Gasteiger partial charge in [0.15, 0.2) is 5.60 Å². The highest BCUT2D eigenvalue weighted by Crippen LogP contribution is 2.31. The lowest BCUT2D eigenvalue weighted by Gasteiger charge is -2.39. The van der Waals surface area contributed by atoms with Gasteiger partial charge < -0.3 is 25.2 Å². The molecular weight excluding hydrogens is 336 g/mol. The molecule has 9 nitrogen and oxygen atoms in total. The smallest absolute Gasteiger partial charge is 0.335 e. The maximum absolute atomic E-state index is 11.8. The van der Waals surface area contributed by atoms with Crippen molar-refractivity contribution in [1.82, 2.24) is 0 Å². The number of allylic oxidation sites excluding steroid dienone is 5. The third kappa shape index (κ3) is 4.27. The zero-order valence-corrected chi connectivity index (χ0v) is 12.9. The molecular formula is C16H16O9. The van der Waals surface area contributed by atoms with Gasteiger partial charge in [-0.25, -0.2) is 9.59 Å². The number of aliphatic hydroxyl groups excluding tert-OH is 2. The quantitative estimate of drug-likeness (QED) is 0.203. The topological polar surface area (TPSA) is 158 Å². The van der Waals surface area contributed by atoms with E-state index in [9.17, 15) is 34.5 Å². The van der Waals surface area contributed by atoms with Crippen LogP contribution in [0.2, 0.25) is 0 Å². The van der Waals surface area contributed by atoms with Crippen molar-refractivity contribution in [2.45, 2.75) is 36.8 Å². The summed E-state index contributed by atoms with van der Waals surface area (Å²) in [5.74, 6) is -4.01. The molecule has 0 aromatic rings. The number of hydrogen-bond acceptors (Lipinski definition) is 8. The Hall–Kier alpha value is -2.62. The normalized spacial score (nSPS) is 32.6. The highest BCUT2D eigenvalue weighted by Gasteiger charge is 2.50. The third-order valence-electron chi connectivity index (χ3n) is 3.91. The number of ketones is 2. The highest BCUT2D eigenvalue weighted by atomic mass is 16.6. The standard InChI is InChI=1S/C16H16O9/c17-9-3-1-8(5-10(9)18)2-4-13(20)25-12-7-16(24,15(22)23)6-11(19)14(12)21/h1-5,11-12,14,19,21,24H,6-7H2,(H,22,23)/b4-2+. The fourth-order valence-corrected chi connectivity index (χ4v) is 2.52. The second kappa shape index (κ2) is 7.09. The van der Waals surface area contributed by atoms with Crippen LogP contribution in [-0.2, 0) is 23.9 Å². The molecule has 0 saturated heterocycles. The third-order valence-corrected chi connectivity index (χ3v) is 3.91. The minimum atomic E-state index is -2.32. The molecule has 1 fully saturated rings. The summed E-state index contributed by atoms with van der Waals surface area (Å²) in [7, 11) is 0. The van der Waals surface area contributed by atoms with E-state index in [1.54, 1.807) is 0 Å². The minimum absolute atomic E-state index is 0.271. The first-order chi connectivity index (χ1) is 11.6. The summed E-state index contributed by atoms with van der Waals surface area (Å²) in [6.45, 7) is 0. The van der Waals surface area contributed by atoms with Crippen molar-refractivity contribution in [3.05, 3.63) is 36.0 Å². The molecule has 0 aromatic carbocycles. The number of carboxylic acid groups (broad SMARTS) is 1. The maximum Gasteiger partial charge on any atom is 0.335 e. The van der Waals surface area contributed by atoms with Crippen LogP contribution >= 0.6 is 0 Å². The summed E-state index contributed by atoms with van der Waals surface area (Å²) in [5.41, 5.74) is -2.05. The molecule has 25 heavy (non-hydrogen) atoms. The maximum atomic E-state index is 11.8. The molecule has 0 spiro atoms. The Morgan fingerprint density at radius 3 is 2.44 bits per heavy atom. The molecule has 0 radical (unpaired) electrons. The van der Waals surface area contributed by atoms with Crippen molar-refractivity contribution in [2.75, 3.05) is 0 Å². The number of aliphatic carboxylic acids is 1. The summed E-state index contributed by atoms with van der Waals surface area (Å²) in [6.07, 6.45) is -0.260. The Labute approximate surface area is 141 Å². The van der Waals surface area contributed by atoms with Crippen LogP contribution in [0.15, 0.2) is 36.0 Å². The van der Waals surface area contributed by atoms with Gasteiger partial charge in [-0.3, -0.25) is 9.59 Å². The van der Waals surface area contributed by atoms with E-state index in [0.29, 0.717) is 0 Å². The minimum Gasteiger partial charge on any atom is -0.479 e. The number of carboxylic acids is 1. The van der Waals surface area contributed by atoms with Crippen molar-refractivity contribution < 1.29 is 44.3 Å². The average molecular weight is 352 g/mol. The van der Waals surface area contributed by atoms with Gasteiger partial charge >= 0.3 is 11.9 Å². The SMILES string of the molecule is O=C(/C=C/C1=CC(=O)C(=O)C=C1)OC1CC(O)(C(=O)O)CC(O)C1O. The molecule has 9 heteroatoms. The lowest BCUT2D eigenvalue weighted by Crippen LogP contribution is -2.57. The first-order valence-corrected chi connectivity index (χ1v) is 7.31. The Morgan fingerprint density at radius 2 is 1.84 bits per heavy atom. The summed E-state index contributed by atoms with van der Waals surface area (Å²) in [6, 6.07) is 0. The van der Waals surface area contributed by atoms with Crippen LogP contribution in [0.1, 0.15) is 12.8 Å². The van der Waals surface area contributed by atoms with Crippen molar-refractivity contribution in [3.63, 3.8) is 0 Å². The van der Waals surface area contributed by atoms with Crippen LogP contribution in [0.25, 0.3) is 0 Å². The number of rotatable bonds is 4. The number of esters is 1. The van der Waals surface area contributed by atoms with E-state index in [2.05, 4.69) is 0 Å². The fraction of sp³-hybridized carbons (Fsp3) is 0.375. The lowest BCUT2D eigenvalue weighted by atomic mass is 9.79. The molecule has 2 aliphatic rings. The van der Waals surface area contributed by atoms with Crippen LogP contribution in [0.4, 0.5) is 0 Å². The predicted octanol–water partition coefficient (Wildman–Crippen LogP) is -1.58. The second-order valence-corrected chi connectivity index (χ2v) is 5.82. The van der Waals surface area contributed by atoms with Crippen LogP contribution in [0.3, 0.4) is 0 Å². The van der Waals surface area contributed by atoms with Crippen LogP contribution in [-0.4, -0.2) is 67.8 Å². The molecule has 134 valence electrons. The molecule has 2 rings (SSSR count). The van der Waals surface area contributed by atoms with Gasteiger partial charge in [-0.05, 0) is 23.8 Å². The van der Waals surface area contributed by atoms with E-state index < -0.39 is 60.3 Å². The molecule has 0 bridgehead atoms. The number of hydrogen-bond donors (Lipinski definition) is 4. The van der Waals surface area contributed by atoms with E-state index in [4.69, 9.17) is 9.84 Å². The Kier molecular flexibility index (Phi) is 5.31. The Morgan fingerprint density at radius 1 is 1.16 bits per heavy atom. The van der Waals surface area contributed by atoms with Crippen LogP contribution < -0.4 is 0 Å². The van der Waals surface area contributed by atoms with Crippen molar-refractivity contribution in [1.29, 1.82) is 0 Å². The number of carbonyl (C=O) groups is 4. The lowest BCUT2D eigenvalue weighted by molar-refractivity contribution is -0.196. The van der Waals surface area contributed by atoms with Gasteiger partial charge in [-0.2, -0.15) is 0 Å². The molecule has 1 saturated carbocycles. The monoisotopic (exact) mass is 352 g/mol. The van der Waals surface area contributed by atoms with Crippen LogP contribution in [0.5, 0.6) is 0 Å². The molecule has 0 aliphatic heterocycles. The number of carbonyl (C=O) groups excluding carboxylic acids is 3. The van der Waals surface area contributed by atoms with E-state index in [-0.39, 0.29) is 5.57 Å². The number of aliphatic hydroxyl groups is 3. The Balaban J connectivity index is 2.04. The molecule has 4 N–H and O–H groups in total.